The fourth-order valence-corrected chi connectivity index (χ4v) is 5.41. The molecule has 0 aromatic heterocycles. The molecule has 0 saturated carbocycles. The van der Waals surface area contributed by atoms with E-state index in [0.29, 0.717) is 31.5 Å². The molecule has 3 rings (SSSR count). The fourth-order valence-electron chi connectivity index (χ4n) is 3.29. The van der Waals surface area contributed by atoms with Gasteiger partial charge in [-0.2, -0.15) is 11.8 Å². The van der Waals surface area contributed by atoms with E-state index < -0.39 is 28.9 Å². The maximum absolute atomic E-state index is 13.8. The lowest BCUT2D eigenvalue weighted by molar-refractivity contribution is -0.141. The molecule has 2 amide bonds. The van der Waals surface area contributed by atoms with Crippen molar-refractivity contribution in [3.8, 4) is 0 Å². The van der Waals surface area contributed by atoms with Crippen LogP contribution in [0.1, 0.15) is 12.0 Å². The standard InChI is InChI=1S/C18H22F3N3O2S2/c19-13-10-15(21)14(20)8-11(13)7-12(22)9-16(25)24-3-6-28-18(24)17(26)23-1-4-27-5-2-23/h8,10,12,18H,1-7,9,22H2/t12-,18?/m1/s1. The molecule has 2 heterocycles. The number of halogens is 3. The molecule has 10 heteroatoms. The molecule has 2 atom stereocenters. The molecule has 0 aliphatic carbocycles. The number of benzene rings is 1. The summed E-state index contributed by atoms with van der Waals surface area (Å²) >= 11 is 3.23. The maximum atomic E-state index is 13.8. The lowest BCUT2D eigenvalue weighted by Gasteiger charge is -2.32. The summed E-state index contributed by atoms with van der Waals surface area (Å²) in [7, 11) is 0. The summed E-state index contributed by atoms with van der Waals surface area (Å²) in [6.07, 6.45) is -0.198. The smallest absolute Gasteiger partial charge is 0.255 e. The Morgan fingerprint density at radius 3 is 2.46 bits per heavy atom. The second-order valence-electron chi connectivity index (χ2n) is 6.77. The molecular weight excluding hydrogens is 411 g/mol. The third kappa shape index (κ3) is 4.96. The summed E-state index contributed by atoms with van der Waals surface area (Å²) in [6.45, 7) is 1.81. The van der Waals surface area contributed by atoms with E-state index in [1.807, 2.05) is 0 Å². The first-order chi connectivity index (χ1) is 13.4. The Kier molecular flexibility index (Phi) is 7.16. The molecule has 1 unspecified atom stereocenters. The van der Waals surface area contributed by atoms with Gasteiger partial charge in [-0.15, -0.1) is 11.8 Å². The zero-order valence-corrected chi connectivity index (χ0v) is 16.8. The molecule has 1 aromatic rings. The lowest BCUT2D eigenvalue weighted by Crippen LogP contribution is -2.49. The van der Waals surface area contributed by atoms with E-state index in [4.69, 9.17) is 5.73 Å². The Morgan fingerprint density at radius 1 is 1.07 bits per heavy atom. The van der Waals surface area contributed by atoms with Crippen LogP contribution in [-0.4, -0.2) is 69.9 Å². The van der Waals surface area contributed by atoms with Crippen molar-refractivity contribution in [1.82, 2.24) is 9.80 Å². The van der Waals surface area contributed by atoms with E-state index in [1.165, 1.54) is 16.7 Å². The van der Waals surface area contributed by atoms with E-state index >= 15 is 0 Å². The van der Waals surface area contributed by atoms with Gasteiger partial charge < -0.3 is 15.5 Å². The van der Waals surface area contributed by atoms with Gasteiger partial charge in [-0.05, 0) is 18.1 Å². The van der Waals surface area contributed by atoms with E-state index in [9.17, 15) is 22.8 Å². The van der Waals surface area contributed by atoms with Gasteiger partial charge >= 0.3 is 0 Å². The van der Waals surface area contributed by atoms with Crippen LogP contribution in [0.25, 0.3) is 0 Å². The summed E-state index contributed by atoms with van der Waals surface area (Å²) in [5.41, 5.74) is 5.88. The Labute approximate surface area is 170 Å². The van der Waals surface area contributed by atoms with Crippen LogP contribution < -0.4 is 5.73 Å². The predicted octanol–water partition coefficient (Wildman–Crippen LogP) is 1.84. The maximum Gasteiger partial charge on any atom is 0.255 e. The van der Waals surface area contributed by atoms with E-state index in [-0.39, 0.29) is 30.2 Å². The average Bonchev–Trinajstić information content (AvgIpc) is 3.16. The van der Waals surface area contributed by atoms with E-state index in [2.05, 4.69) is 0 Å². The van der Waals surface area contributed by atoms with Crippen LogP contribution >= 0.6 is 23.5 Å². The third-order valence-electron chi connectivity index (χ3n) is 4.75. The highest BCUT2D eigenvalue weighted by atomic mass is 32.2. The second kappa shape index (κ2) is 9.41. The number of amides is 2. The lowest BCUT2D eigenvalue weighted by atomic mass is 10.0. The molecule has 0 spiro atoms. The van der Waals surface area contributed by atoms with Gasteiger partial charge in [-0.25, -0.2) is 13.2 Å². The van der Waals surface area contributed by atoms with Crippen LogP contribution in [0.2, 0.25) is 0 Å². The molecule has 2 aliphatic heterocycles. The van der Waals surface area contributed by atoms with Gasteiger partial charge in [0.2, 0.25) is 5.91 Å². The van der Waals surface area contributed by atoms with Gasteiger partial charge in [0, 0.05) is 55.4 Å². The third-order valence-corrected chi connectivity index (χ3v) is 6.89. The first-order valence-corrected chi connectivity index (χ1v) is 11.2. The molecule has 0 bridgehead atoms. The van der Waals surface area contributed by atoms with Gasteiger partial charge in [-0.1, -0.05) is 0 Å². The summed E-state index contributed by atoms with van der Waals surface area (Å²) in [5, 5.41) is -0.553. The van der Waals surface area contributed by atoms with Gasteiger partial charge in [0.1, 0.15) is 5.82 Å². The van der Waals surface area contributed by atoms with E-state index in [0.717, 1.165) is 17.6 Å². The fraction of sp³-hybridized carbons (Fsp3) is 0.556. The number of carbonyl (C=O) groups is 2. The molecular formula is C18H22F3N3O2S2. The van der Waals surface area contributed by atoms with Crippen LogP contribution in [0.3, 0.4) is 0 Å². The number of carbonyl (C=O) groups excluding carboxylic acids is 2. The predicted molar refractivity (Wildman–Crippen MR) is 104 cm³/mol. The Balaban J connectivity index is 1.60. The number of nitrogens with two attached hydrogens (primary N) is 1. The topological polar surface area (TPSA) is 66.6 Å². The van der Waals surface area contributed by atoms with Crippen molar-refractivity contribution in [2.45, 2.75) is 24.3 Å². The Hall–Kier alpha value is -1.39. The summed E-state index contributed by atoms with van der Waals surface area (Å²) < 4.78 is 40.2. The van der Waals surface area contributed by atoms with Crippen molar-refractivity contribution >= 4 is 35.3 Å². The quantitative estimate of drug-likeness (QED) is 0.718. The van der Waals surface area contributed by atoms with Crippen molar-refractivity contribution in [3.05, 3.63) is 35.1 Å². The first kappa shape index (κ1) is 21.3. The molecule has 154 valence electrons. The van der Waals surface area contributed by atoms with Crippen molar-refractivity contribution in [1.29, 1.82) is 0 Å². The number of nitrogens with zero attached hydrogens (tertiary/aromatic N) is 2. The highest BCUT2D eigenvalue weighted by molar-refractivity contribution is 8.00. The minimum absolute atomic E-state index is 0.0589. The molecule has 1 aromatic carbocycles. The van der Waals surface area contributed by atoms with Crippen molar-refractivity contribution < 1.29 is 22.8 Å². The number of rotatable bonds is 5. The zero-order chi connectivity index (χ0) is 20.3. The SMILES string of the molecule is N[C@@H](CC(=O)N1CCSC1C(=O)N1CCSCC1)Cc1cc(F)c(F)cc1F. The van der Waals surface area contributed by atoms with Gasteiger partial charge in [0.15, 0.2) is 17.0 Å². The number of hydrogen-bond donors (Lipinski definition) is 1. The molecule has 28 heavy (non-hydrogen) atoms. The zero-order valence-electron chi connectivity index (χ0n) is 15.2. The minimum Gasteiger partial charge on any atom is -0.338 e. The number of hydrogen-bond acceptors (Lipinski definition) is 5. The Bertz CT molecular complexity index is 747. The molecule has 5 nitrogen and oxygen atoms in total. The van der Waals surface area contributed by atoms with Crippen molar-refractivity contribution in [3.63, 3.8) is 0 Å². The van der Waals surface area contributed by atoms with Crippen LogP contribution in [0.15, 0.2) is 12.1 Å². The first-order valence-electron chi connectivity index (χ1n) is 9.03. The number of thioether (sulfide) groups is 2. The second-order valence-corrected chi connectivity index (χ2v) is 9.19. The largest absolute Gasteiger partial charge is 0.338 e. The van der Waals surface area contributed by atoms with Crippen LogP contribution in [0.5, 0.6) is 0 Å². The van der Waals surface area contributed by atoms with Crippen LogP contribution in [-0.2, 0) is 16.0 Å². The van der Waals surface area contributed by atoms with Crippen LogP contribution in [0, 0.1) is 17.5 Å². The average molecular weight is 434 g/mol. The summed E-state index contributed by atoms with van der Waals surface area (Å²) in [6, 6.07) is 0.475. The van der Waals surface area contributed by atoms with Crippen molar-refractivity contribution in [2.24, 2.45) is 5.73 Å². The highest BCUT2D eigenvalue weighted by Gasteiger charge is 2.37. The molecule has 2 saturated heterocycles. The molecule has 2 aliphatic rings. The Morgan fingerprint density at radius 2 is 1.75 bits per heavy atom. The molecule has 2 fully saturated rings. The van der Waals surface area contributed by atoms with Gasteiger partial charge in [0.25, 0.3) is 5.91 Å². The molecule has 2 N–H and O–H groups in total. The minimum atomic E-state index is -1.27. The monoisotopic (exact) mass is 433 g/mol. The van der Waals surface area contributed by atoms with Gasteiger partial charge in [-0.3, -0.25) is 9.59 Å². The van der Waals surface area contributed by atoms with E-state index in [1.54, 1.807) is 16.7 Å². The van der Waals surface area contributed by atoms with Gasteiger partial charge in [0.05, 0.1) is 0 Å². The molecule has 0 radical (unpaired) electrons. The van der Waals surface area contributed by atoms with Crippen molar-refractivity contribution in [2.75, 3.05) is 36.9 Å². The highest BCUT2D eigenvalue weighted by Crippen LogP contribution is 2.27. The van der Waals surface area contributed by atoms with Crippen LogP contribution in [0.4, 0.5) is 13.2 Å². The summed E-state index contributed by atoms with van der Waals surface area (Å²) in [5.74, 6) is -1.22. The normalized spacial score (nSPS) is 21.1. The summed E-state index contributed by atoms with van der Waals surface area (Å²) in [4.78, 5) is 28.7.